The highest BCUT2D eigenvalue weighted by Gasteiger charge is 2.23. The van der Waals surface area contributed by atoms with Crippen LogP contribution in [0.1, 0.15) is 18.1 Å². The zero-order chi connectivity index (χ0) is 20.4. The molecule has 0 aliphatic carbocycles. The van der Waals surface area contributed by atoms with Gasteiger partial charge in [-0.05, 0) is 42.0 Å². The van der Waals surface area contributed by atoms with Gasteiger partial charge in [0.1, 0.15) is 0 Å². The number of fused-ring (bicyclic) bond motifs is 1. The van der Waals surface area contributed by atoms with Crippen molar-refractivity contribution in [3.8, 4) is 0 Å². The minimum absolute atomic E-state index is 0.198. The SMILES string of the molecule is CCSc1ccc(CC(=O)N2CCN(c3nc4c(C)ccc(Cl)c4s3)CC2)cc1. The summed E-state index contributed by atoms with van der Waals surface area (Å²) in [6, 6.07) is 12.3. The molecule has 0 saturated carbocycles. The van der Waals surface area contributed by atoms with Gasteiger partial charge in [0.25, 0.3) is 0 Å². The van der Waals surface area contributed by atoms with Crippen molar-refractivity contribution in [1.29, 1.82) is 0 Å². The number of hydrogen-bond acceptors (Lipinski definition) is 5. The number of benzene rings is 2. The van der Waals surface area contributed by atoms with Gasteiger partial charge >= 0.3 is 0 Å². The Bertz CT molecular complexity index is 972. The second-order valence-corrected chi connectivity index (χ2v) is 9.88. The Balaban J connectivity index is 1.37. The molecule has 0 atom stereocenters. The molecule has 1 fully saturated rings. The van der Waals surface area contributed by atoms with E-state index in [1.807, 2.05) is 28.8 Å². The molecule has 4 nitrogen and oxygen atoms in total. The van der Waals surface area contributed by atoms with Crippen molar-refractivity contribution < 1.29 is 4.79 Å². The first-order chi connectivity index (χ1) is 14.0. The maximum atomic E-state index is 12.7. The molecule has 1 aromatic heterocycles. The summed E-state index contributed by atoms with van der Waals surface area (Å²) in [6.45, 7) is 7.26. The van der Waals surface area contributed by atoms with E-state index in [2.05, 4.69) is 43.0 Å². The topological polar surface area (TPSA) is 36.4 Å². The number of anilines is 1. The lowest BCUT2D eigenvalue weighted by Crippen LogP contribution is -2.49. The molecule has 1 aliphatic rings. The number of thiazole rings is 1. The highest BCUT2D eigenvalue weighted by Crippen LogP contribution is 2.35. The van der Waals surface area contributed by atoms with Gasteiger partial charge in [-0.25, -0.2) is 4.98 Å². The molecule has 4 rings (SSSR count). The summed E-state index contributed by atoms with van der Waals surface area (Å²) in [4.78, 5) is 23.0. The van der Waals surface area contributed by atoms with Gasteiger partial charge in [-0.15, -0.1) is 11.8 Å². The number of hydrogen-bond donors (Lipinski definition) is 0. The lowest BCUT2D eigenvalue weighted by molar-refractivity contribution is -0.130. The van der Waals surface area contributed by atoms with E-state index in [1.165, 1.54) is 4.90 Å². The minimum atomic E-state index is 0.198. The molecular formula is C22H24ClN3OS2. The van der Waals surface area contributed by atoms with Gasteiger partial charge in [-0.2, -0.15) is 0 Å². The largest absolute Gasteiger partial charge is 0.345 e. The van der Waals surface area contributed by atoms with Crippen LogP contribution < -0.4 is 4.90 Å². The first-order valence-electron chi connectivity index (χ1n) is 9.85. The third-order valence-corrected chi connectivity index (χ3v) is 7.65. The maximum absolute atomic E-state index is 12.7. The molecule has 29 heavy (non-hydrogen) atoms. The fourth-order valence-corrected chi connectivity index (χ4v) is 5.56. The van der Waals surface area contributed by atoms with Crippen molar-refractivity contribution in [3.05, 3.63) is 52.5 Å². The predicted molar refractivity (Wildman–Crippen MR) is 125 cm³/mol. The van der Waals surface area contributed by atoms with Gasteiger partial charge < -0.3 is 9.80 Å². The summed E-state index contributed by atoms with van der Waals surface area (Å²) < 4.78 is 1.05. The molecule has 2 heterocycles. The van der Waals surface area contributed by atoms with Gasteiger partial charge in [-0.1, -0.05) is 48.1 Å². The number of carbonyl (C=O) groups is 1. The number of rotatable bonds is 5. The molecule has 1 aliphatic heterocycles. The van der Waals surface area contributed by atoms with Crippen molar-refractivity contribution >= 4 is 56.0 Å². The van der Waals surface area contributed by atoms with Crippen LogP contribution in [0.15, 0.2) is 41.3 Å². The molecule has 0 bridgehead atoms. The van der Waals surface area contributed by atoms with E-state index in [0.29, 0.717) is 6.42 Å². The van der Waals surface area contributed by atoms with E-state index >= 15 is 0 Å². The average molecular weight is 446 g/mol. The highest BCUT2D eigenvalue weighted by atomic mass is 35.5. The van der Waals surface area contributed by atoms with Gasteiger partial charge in [0.05, 0.1) is 21.7 Å². The highest BCUT2D eigenvalue weighted by molar-refractivity contribution is 7.99. The standard InChI is InChI=1S/C22H24ClN3OS2/c1-3-28-17-7-5-16(6-8-17)14-19(27)25-10-12-26(13-11-25)22-24-20-15(2)4-9-18(23)21(20)29-22/h4-9H,3,10-14H2,1-2H3. The van der Waals surface area contributed by atoms with Gasteiger partial charge in [-0.3, -0.25) is 4.79 Å². The minimum Gasteiger partial charge on any atom is -0.345 e. The Labute approximate surface area is 184 Å². The van der Waals surface area contributed by atoms with Crippen molar-refractivity contribution in [2.45, 2.75) is 25.2 Å². The molecule has 7 heteroatoms. The van der Waals surface area contributed by atoms with Gasteiger partial charge in [0, 0.05) is 31.1 Å². The molecule has 1 saturated heterocycles. The van der Waals surface area contributed by atoms with Crippen molar-refractivity contribution in [1.82, 2.24) is 9.88 Å². The zero-order valence-electron chi connectivity index (χ0n) is 16.7. The van der Waals surface area contributed by atoms with Gasteiger partial charge in [0.15, 0.2) is 5.13 Å². The quantitative estimate of drug-likeness (QED) is 0.502. The summed E-state index contributed by atoms with van der Waals surface area (Å²) in [5.74, 6) is 1.26. The predicted octanol–water partition coefficient (Wildman–Crippen LogP) is 5.26. The zero-order valence-corrected chi connectivity index (χ0v) is 19.0. The van der Waals surface area contributed by atoms with Crippen LogP contribution in [-0.4, -0.2) is 47.7 Å². The Morgan fingerprint density at radius 2 is 1.86 bits per heavy atom. The van der Waals surface area contributed by atoms with Crippen molar-refractivity contribution in [3.63, 3.8) is 0 Å². The lowest BCUT2D eigenvalue weighted by Gasteiger charge is -2.34. The van der Waals surface area contributed by atoms with Crippen molar-refractivity contribution in [2.24, 2.45) is 0 Å². The molecule has 0 N–H and O–H groups in total. The number of amides is 1. The molecule has 2 aromatic carbocycles. The fraction of sp³-hybridized carbons (Fsp3) is 0.364. The number of piperazine rings is 1. The van der Waals surface area contributed by atoms with E-state index < -0.39 is 0 Å². The third kappa shape index (κ3) is 4.55. The third-order valence-electron chi connectivity index (χ3n) is 5.18. The molecule has 3 aromatic rings. The molecular weight excluding hydrogens is 422 g/mol. The van der Waals surface area contributed by atoms with Crippen LogP contribution in [0.25, 0.3) is 10.2 Å². The summed E-state index contributed by atoms with van der Waals surface area (Å²) in [7, 11) is 0. The first kappa shape index (κ1) is 20.5. The van der Waals surface area contributed by atoms with Crippen LogP contribution in [0, 0.1) is 6.92 Å². The van der Waals surface area contributed by atoms with E-state index in [0.717, 1.165) is 63.4 Å². The second-order valence-electron chi connectivity index (χ2n) is 7.16. The Hall–Kier alpha value is -1.76. The van der Waals surface area contributed by atoms with Crippen LogP contribution in [0.3, 0.4) is 0 Å². The normalized spacial score (nSPS) is 14.6. The van der Waals surface area contributed by atoms with E-state index in [9.17, 15) is 4.79 Å². The second kappa shape index (κ2) is 8.94. The van der Waals surface area contributed by atoms with E-state index in [-0.39, 0.29) is 5.91 Å². The number of aromatic nitrogens is 1. The summed E-state index contributed by atoms with van der Waals surface area (Å²) in [5.41, 5.74) is 3.21. The van der Waals surface area contributed by atoms with Crippen molar-refractivity contribution in [2.75, 3.05) is 36.8 Å². The molecule has 1 amide bonds. The monoisotopic (exact) mass is 445 g/mol. The summed E-state index contributed by atoms with van der Waals surface area (Å²) in [6.07, 6.45) is 0.465. The summed E-state index contributed by atoms with van der Waals surface area (Å²) >= 11 is 9.81. The maximum Gasteiger partial charge on any atom is 0.227 e. The summed E-state index contributed by atoms with van der Waals surface area (Å²) in [5, 5.41) is 1.75. The van der Waals surface area contributed by atoms with Crippen LogP contribution in [0.2, 0.25) is 5.02 Å². The Kier molecular flexibility index (Phi) is 6.32. The Morgan fingerprint density at radius 3 is 2.52 bits per heavy atom. The fourth-order valence-electron chi connectivity index (χ4n) is 3.53. The van der Waals surface area contributed by atoms with Crippen LogP contribution in [0.4, 0.5) is 5.13 Å². The number of aryl methyl sites for hydroxylation is 1. The van der Waals surface area contributed by atoms with Crippen LogP contribution >= 0.6 is 34.7 Å². The number of nitrogens with zero attached hydrogens (tertiary/aromatic N) is 3. The van der Waals surface area contributed by atoms with Gasteiger partial charge in [0.2, 0.25) is 5.91 Å². The molecule has 152 valence electrons. The average Bonchev–Trinajstić information content (AvgIpc) is 3.19. The molecule has 0 unspecified atom stereocenters. The van der Waals surface area contributed by atoms with E-state index in [4.69, 9.17) is 16.6 Å². The number of carbonyl (C=O) groups excluding carboxylic acids is 1. The van der Waals surface area contributed by atoms with Crippen LogP contribution in [-0.2, 0) is 11.2 Å². The Morgan fingerprint density at radius 1 is 1.14 bits per heavy atom. The smallest absolute Gasteiger partial charge is 0.227 e. The number of thioether (sulfide) groups is 1. The molecule has 0 spiro atoms. The van der Waals surface area contributed by atoms with Crippen LogP contribution in [0.5, 0.6) is 0 Å². The number of halogens is 1. The first-order valence-corrected chi connectivity index (χ1v) is 12.0. The molecule has 0 radical (unpaired) electrons. The van der Waals surface area contributed by atoms with E-state index in [1.54, 1.807) is 11.3 Å². The lowest BCUT2D eigenvalue weighted by atomic mass is 10.1.